The van der Waals surface area contributed by atoms with Gasteiger partial charge >= 0.3 is 6.03 Å². The molecule has 1 aliphatic rings. The van der Waals surface area contributed by atoms with Crippen LogP contribution in [-0.2, 0) is 6.54 Å². The number of aromatic nitrogens is 5. The molecule has 0 aromatic carbocycles. The molecule has 10 heteroatoms. The van der Waals surface area contributed by atoms with Crippen LogP contribution in [0, 0.1) is 0 Å². The van der Waals surface area contributed by atoms with E-state index < -0.39 is 0 Å². The molecule has 1 aliphatic heterocycles. The van der Waals surface area contributed by atoms with Gasteiger partial charge in [0.1, 0.15) is 11.2 Å². The summed E-state index contributed by atoms with van der Waals surface area (Å²) in [6, 6.07) is 5.28. The van der Waals surface area contributed by atoms with Gasteiger partial charge in [0.05, 0.1) is 6.54 Å². The average molecular weight is 397 g/mol. The van der Waals surface area contributed by atoms with Gasteiger partial charge in [0.15, 0.2) is 16.6 Å². The summed E-state index contributed by atoms with van der Waals surface area (Å²) in [5, 5.41) is 0.966. The maximum atomic E-state index is 12.9. The topological polar surface area (TPSA) is 89.2 Å². The van der Waals surface area contributed by atoms with Gasteiger partial charge in [-0.25, -0.2) is 29.1 Å². The summed E-state index contributed by atoms with van der Waals surface area (Å²) in [5.74, 6) is 1.03. The van der Waals surface area contributed by atoms with Crippen LogP contribution in [0.4, 0.5) is 10.6 Å². The highest BCUT2D eigenvalue weighted by atomic mass is 32.2. The van der Waals surface area contributed by atoms with Crippen molar-refractivity contribution in [3.8, 4) is 5.82 Å². The first-order chi connectivity index (χ1) is 13.5. The second kappa shape index (κ2) is 7.12. The van der Waals surface area contributed by atoms with Gasteiger partial charge in [-0.15, -0.1) is 6.58 Å². The quantitative estimate of drug-likeness (QED) is 0.370. The molecule has 0 saturated carbocycles. The molecule has 3 aromatic rings. The van der Waals surface area contributed by atoms with Gasteiger partial charge in [-0.3, -0.25) is 9.69 Å². The van der Waals surface area contributed by atoms with Crippen molar-refractivity contribution in [2.24, 2.45) is 0 Å². The Bertz CT molecular complexity index is 1140. The zero-order valence-corrected chi connectivity index (χ0v) is 16.4. The van der Waals surface area contributed by atoms with Crippen molar-refractivity contribution in [2.75, 3.05) is 31.3 Å². The minimum absolute atomic E-state index is 0.0995. The molecule has 0 aliphatic carbocycles. The summed E-state index contributed by atoms with van der Waals surface area (Å²) in [7, 11) is 1.76. The first-order valence-electron chi connectivity index (χ1n) is 8.68. The molecular weight excluding hydrogens is 378 g/mol. The van der Waals surface area contributed by atoms with Crippen LogP contribution in [-0.4, -0.2) is 61.6 Å². The Kier molecular flexibility index (Phi) is 4.63. The number of thioether (sulfide) groups is 1. The number of rotatable bonds is 5. The Morgan fingerprint density at radius 3 is 2.68 bits per heavy atom. The molecule has 0 N–H and O–H groups in total. The number of allylic oxidation sites excluding steroid dienone is 1. The summed E-state index contributed by atoms with van der Waals surface area (Å²) < 4.78 is 3.18. The molecule has 4 heterocycles. The number of fused-ring (bicyclic) bond motifs is 1. The molecule has 0 bridgehead atoms. The van der Waals surface area contributed by atoms with E-state index >= 15 is 0 Å². The van der Waals surface area contributed by atoms with Gasteiger partial charge in [-0.05, 0) is 18.4 Å². The number of urea groups is 1. The Balaban J connectivity index is 1.92. The van der Waals surface area contributed by atoms with Crippen LogP contribution in [0.25, 0.3) is 16.9 Å². The van der Waals surface area contributed by atoms with E-state index in [4.69, 9.17) is 0 Å². The molecule has 0 unspecified atom stereocenters. The zero-order valence-electron chi connectivity index (χ0n) is 15.6. The fourth-order valence-corrected chi connectivity index (χ4v) is 3.51. The number of likely N-dealkylation sites (N-methyl/N-ethyl adjacent to an activating group) is 1. The highest BCUT2D eigenvalue weighted by Gasteiger charge is 2.28. The van der Waals surface area contributed by atoms with Crippen LogP contribution >= 0.6 is 11.8 Å². The summed E-state index contributed by atoms with van der Waals surface area (Å²) >= 11 is 1.39. The fourth-order valence-electron chi connectivity index (χ4n) is 3.17. The van der Waals surface area contributed by atoms with Gasteiger partial charge in [-0.2, -0.15) is 0 Å². The van der Waals surface area contributed by atoms with Crippen LogP contribution in [0.5, 0.6) is 0 Å². The molecular formula is C18H19N7O2S. The van der Waals surface area contributed by atoms with E-state index in [-0.39, 0.29) is 11.6 Å². The molecule has 0 atom stereocenters. The van der Waals surface area contributed by atoms with E-state index in [1.807, 2.05) is 12.3 Å². The fraction of sp³-hybridized carbons (Fsp3) is 0.278. The SMILES string of the molecule is C=CCn1c(=O)c2cnc(SC)nc2n1-c1cccc(N2CCN(C)C2=O)n1. The van der Waals surface area contributed by atoms with Gasteiger partial charge in [-0.1, -0.05) is 23.9 Å². The van der Waals surface area contributed by atoms with E-state index in [0.717, 1.165) is 0 Å². The van der Waals surface area contributed by atoms with E-state index in [9.17, 15) is 9.59 Å². The molecule has 28 heavy (non-hydrogen) atoms. The third-order valence-electron chi connectivity index (χ3n) is 4.57. The average Bonchev–Trinajstić information content (AvgIpc) is 3.19. The molecule has 1 fully saturated rings. The first-order valence-corrected chi connectivity index (χ1v) is 9.91. The molecule has 0 radical (unpaired) electrons. The van der Waals surface area contributed by atoms with Gasteiger partial charge in [0.2, 0.25) is 0 Å². The maximum absolute atomic E-state index is 12.9. The third kappa shape index (κ3) is 2.85. The van der Waals surface area contributed by atoms with E-state index in [2.05, 4.69) is 21.5 Å². The number of amides is 2. The lowest BCUT2D eigenvalue weighted by molar-refractivity contribution is 0.229. The molecule has 2 amide bonds. The van der Waals surface area contributed by atoms with Crippen molar-refractivity contribution >= 4 is 34.6 Å². The number of carbonyl (C=O) groups is 1. The predicted octanol–water partition coefficient (Wildman–Crippen LogP) is 1.76. The van der Waals surface area contributed by atoms with Gasteiger partial charge in [0, 0.05) is 26.3 Å². The van der Waals surface area contributed by atoms with Gasteiger partial charge in [0.25, 0.3) is 5.56 Å². The van der Waals surface area contributed by atoms with Crippen LogP contribution in [0.15, 0.2) is 47.0 Å². The highest BCUT2D eigenvalue weighted by molar-refractivity contribution is 7.98. The number of carbonyl (C=O) groups excluding carboxylic acids is 1. The van der Waals surface area contributed by atoms with Crippen molar-refractivity contribution in [3.05, 3.63) is 47.4 Å². The second-order valence-corrected chi connectivity index (χ2v) is 7.06. The number of hydrogen-bond acceptors (Lipinski definition) is 6. The largest absolute Gasteiger partial charge is 0.326 e. The smallest absolute Gasteiger partial charge is 0.325 e. The lowest BCUT2D eigenvalue weighted by Gasteiger charge is -2.17. The van der Waals surface area contributed by atoms with Crippen LogP contribution in [0.1, 0.15) is 0 Å². The number of anilines is 1. The minimum Gasteiger partial charge on any atom is -0.326 e. The standard InChI is InChI=1S/C18H19N7O2S/c1-4-8-24-16(26)12-11-19-17(28-3)21-15(12)25(24)14-7-5-6-13(20-14)23-10-9-22(2)18(23)27/h4-7,11H,1,8-10H2,2-3H3. The molecule has 1 saturated heterocycles. The second-order valence-electron chi connectivity index (χ2n) is 6.29. The van der Waals surface area contributed by atoms with Crippen LogP contribution in [0.2, 0.25) is 0 Å². The van der Waals surface area contributed by atoms with Gasteiger partial charge < -0.3 is 4.90 Å². The number of pyridine rings is 1. The molecule has 9 nitrogen and oxygen atoms in total. The van der Waals surface area contributed by atoms with Crippen LogP contribution in [0.3, 0.4) is 0 Å². The maximum Gasteiger partial charge on any atom is 0.325 e. The Morgan fingerprint density at radius 1 is 1.21 bits per heavy atom. The lowest BCUT2D eigenvalue weighted by atomic mass is 10.4. The minimum atomic E-state index is -0.216. The predicted molar refractivity (Wildman–Crippen MR) is 108 cm³/mol. The van der Waals surface area contributed by atoms with Crippen molar-refractivity contribution in [1.82, 2.24) is 29.2 Å². The number of nitrogens with zero attached hydrogens (tertiary/aromatic N) is 7. The van der Waals surface area contributed by atoms with Crippen molar-refractivity contribution in [2.45, 2.75) is 11.7 Å². The van der Waals surface area contributed by atoms with Crippen LogP contribution < -0.4 is 10.5 Å². The molecule has 144 valence electrons. The lowest BCUT2D eigenvalue weighted by Crippen LogP contribution is -2.30. The molecule has 4 rings (SSSR count). The van der Waals surface area contributed by atoms with Crippen molar-refractivity contribution in [1.29, 1.82) is 0 Å². The highest BCUT2D eigenvalue weighted by Crippen LogP contribution is 2.21. The zero-order chi connectivity index (χ0) is 19.8. The Labute approximate surface area is 165 Å². The summed E-state index contributed by atoms with van der Waals surface area (Å²) in [5.41, 5.74) is 0.257. The summed E-state index contributed by atoms with van der Waals surface area (Å²) in [6.07, 6.45) is 5.05. The third-order valence-corrected chi connectivity index (χ3v) is 5.13. The van der Waals surface area contributed by atoms with E-state index in [1.54, 1.807) is 39.7 Å². The molecule has 0 spiro atoms. The summed E-state index contributed by atoms with van der Waals surface area (Å²) in [4.78, 5) is 41.8. The Morgan fingerprint density at radius 2 is 2.00 bits per heavy atom. The first kappa shape index (κ1) is 18.2. The normalized spacial score (nSPS) is 14.3. The van der Waals surface area contributed by atoms with Crippen molar-refractivity contribution < 1.29 is 4.79 Å². The Hall–Kier alpha value is -3.14. The monoisotopic (exact) mass is 397 g/mol. The van der Waals surface area contributed by atoms with E-state index in [1.165, 1.54) is 22.6 Å². The number of hydrogen-bond donors (Lipinski definition) is 0. The molecule has 3 aromatic heterocycles. The van der Waals surface area contributed by atoms with Crippen molar-refractivity contribution in [3.63, 3.8) is 0 Å². The summed E-state index contributed by atoms with van der Waals surface area (Å²) in [6.45, 7) is 5.24. The van der Waals surface area contributed by atoms with E-state index in [0.29, 0.717) is 47.5 Å².